The number of hydrogen-bond acceptors (Lipinski definition) is 7. The van der Waals surface area contributed by atoms with Crippen LogP contribution in [0.4, 0.5) is 11.6 Å². The Morgan fingerprint density at radius 1 is 1.12 bits per heavy atom. The van der Waals surface area contributed by atoms with E-state index in [2.05, 4.69) is 64.2 Å². The van der Waals surface area contributed by atoms with E-state index in [1.54, 1.807) is 0 Å². The predicted octanol–water partition coefficient (Wildman–Crippen LogP) is 5.18. The Balaban J connectivity index is 1.44. The highest BCUT2D eigenvalue weighted by molar-refractivity contribution is 6.33. The highest BCUT2D eigenvalue weighted by Crippen LogP contribution is 2.38. The quantitative estimate of drug-likeness (QED) is 0.616. The molecule has 2 aliphatic heterocycles. The molecule has 1 aromatic carbocycles. The lowest BCUT2D eigenvalue weighted by atomic mass is 10.1. The number of fused-ring (bicyclic) bond motifs is 1. The smallest absolute Gasteiger partial charge is 0.325 e. The molecule has 1 aromatic heterocycles. The minimum absolute atomic E-state index is 0.274. The largest absolute Gasteiger partial charge is 0.423 e. The lowest BCUT2D eigenvalue weighted by Gasteiger charge is -2.33. The molecule has 3 aliphatic rings. The molecule has 1 N–H and O–H groups in total. The van der Waals surface area contributed by atoms with Crippen molar-refractivity contribution in [2.45, 2.75) is 33.1 Å². The van der Waals surface area contributed by atoms with Crippen molar-refractivity contribution < 1.29 is 4.74 Å². The number of benzene rings is 1. The summed E-state index contributed by atoms with van der Waals surface area (Å²) in [6.07, 6.45) is 7.34. The maximum Gasteiger partial charge on any atom is 0.325 e. The summed E-state index contributed by atoms with van der Waals surface area (Å²) in [6, 6.07) is 6.23. The van der Waals surface area contributed by atoms with Crippen LogP contribution in [0.1, 0.15) is 37.8 Å². The number of hydrogen-bond donors (Lipinski definition) is 1. The highest BCUT2D eigenvalue weighted by Gasteiger charge is 2.21. The van der Waals surface area contributed by atoms with Crippen LogP contribution >= 0.6 is 11.6 Å². The molecular weight excluding hydrogens is 448 g/mol. The van der Waals surface area contributed by atoms with Gasteiger partial charge in [-0.15, -0.1) is 0 Å². The second-order valence-electron chi connectivity index (χ2n) is 9.28. The van der Waals surface area contributed by atoms with Crippen LogP contribution in [0.2, 0.25) is 5.02 Å². The van der Waals surface area contributed by atoms with Crippen molar-refractivity contribution in [3.63, 3.8) is 0 Å². The molecule has 0 saturated carbocycles. The Morgan fingerprint density at radius 3 is 2.74 bits per heavy atom. The summed E-state index contributed by atoms with van der Waals surface area (Å²) in [5.41, 5.74) is 4.88. The van der Waals surface area contributed by atoms with E-state index in [-0.39, 0.29) is 6.01 Å². The van der Waals surface area contributed by atoms with Gasteiger partial charge in [-0.3, -0.25) is 4.99 Å². The monoisotopic (exact) mass is 478 g/mol. The molecule has 0 spiro atoms. The predicted molar refractivity (Wildman–Crippen MR) is 140 cm³/mol. The van der Waals surface area contributed by atoms with Gasteiger partial charge in [-0.25, -0.2) is 0 Å². The third kappa shape index (κ3) is 4.95. The zero-order valence-corrected chi connectivity index (χ0v) is 20.8. The fourth-order valence-electron chi connectivity index (χ4n) is 4.57. The Hall–Kier alpha value is -2.90. The number of rotatable bonds is 6. The molecule has 7 nitrogen and oxygen atoms in total. The second kappa shape index (κ2) is 9.76. The number of likely N-dealkylation sites (N-methyl/N-ethyl adjacent to an activating group) is 1. The minimum Gasteiger partial charge on any atom is -0.423 e. The Labute approximate surface area is 206 Å². The first-order valence-electron chi connectivity index (χ1n) is 12.0. The molecule has 3 heterocycles. The molecule has 178 valence electrons. The summed E-state index contributed by atoms with van der Waals surface area (Å²) in [5.74, 6) is 2.90. The van der Waals surface area contributed by atoms with Gasteiger partial charge in [0, 0.05) is 37.8 Å². The van der Waals surface area contributed by atoms with E-state index in [4.69, 9.17) is 21.3 Å². The van der Waals surface area contributed by atoms with E-state index in [0.29, 0.717) is 16.6 Å². The molecule has 2 aromatic rings. The number of aromatic nitrogens is 2. The Bertz CT molecular complexity index is 1180. The number of nitrogens with one attached hydrogen (secondary N) is 1. The molecule has 8 heteroatoms. The number of anilines is 2. The normalized spacial score (nSPS) is 17.9. The molecule has 5 rings (SSSR count). The van der Waals surface area contributed by atoms with Crippen LogP contribution in [0.5, 0.6) is 11.8 Å². The SMILES string of the molecule is CCCC1=CC(Nc2cc(N3CCN(C)CC3)nc(Oc3ccc4c(c3Cl)C=C(C)C4)n2)=NC1. The standard InChI is InChI=1S/C26H31ClN6O/c1-4-5-18-14-22(28-16-18)29-23-15-24(33-10-8-32(3)9-11-33)31-26(30-23)34-21-7-6-19-12-17(2)13-20(19)25(21)27/h6-7,13-15H,4-5,8-12,16H2,1-3H3,(H,28,29,30,31). The summed E-state index contributed by atoms with van der Waals surface area (Å²) in [5, 5.41) is 3.97. The zero-order valence-electron chi connectivity index (χ0n) is 20.1. The van der Waals surface area contributed by atoms with Gasteiger partial charge in [-0.05, 0) is 50.1 Å². The first-order valence-corrected chi connectivity index (χ1v) is 12.4. The number of halogens is 1. The lowest BCUT2D eigenvalue weighted by molar-refractivity contribution is 0.311. The average molecular weight is 479 g/mol. The fourth-order valence-corrected chi connectivity index (χ4v) is 4.85. The second-order valence-corrected chi connectivity index (χ2v) is 9.66. The first-order chi connectivity index (χ1) is 16.5. The molecule has 34 heavy (non-hydrogen) atoms. The molecule has 1 fully saturated rings. The molecule has 0 unspecified atom stereocenters. The summed E-state index contributed by atoms with van der Waals surface area (Å²) in [4.78, 5) is 18.6. The Kier molecular flexibility index (Phi) is 6.57. The number of piperazine rings is 1. The van der Waals surface area contributed by atoms with Crippen LogP contribution in [-0.2, 0) is 6.42 Å². The van der Waals surface area contributed by atoms with Crippen molar-refractivity contribution in [2.75, 3.05) is 50.0 Å². The van der Waals surface area contributed by atoms with Gasteiger partial charge in [0.1, 0.15) is 23.2 Å². The van der Waals surface area contributed by atoms with E-state index < -0.39 is 0 Å². The summed E-state index contributed by atoms with van der Waals surface area (Å²) in [6.45, 7) is 8.82. The van der Waals surface area contributed by atoms with Gasteiger partial charge in [0.15, 0.2) is 0 Å². The van der Waals surface area contributed by atoms with Crippen molar-refractivity contribution in [3.8, 4) is 11.8 Å². The summed E-state index contributed by atoms with van der Waals surface area (Å²) < 4.78 is 6.17. The van der Waals surface area contributed by atoms with Gasteiger partial charge in [-0.1, -0.05) is 42.7 Å². The molecule has 0 bridgehead atoms. The van der Waals surface area contributed by atoms with E-state index in [1.165, 1.54) is 16.7 Å². The average Bonchev–Trinajstić information content (AvgIpc) is 3.42. The molecular formula is C26H31ClN6O. The van der Waals surface area contributed by atoms with Gasteiger partial charge in [0.2, 0.25) is 0 Å². The number of aliphatic imine (C=N–C) groups is 1. The van der Waals surface area contributed by atoms with E-state index in [0.717, 1.165) is 69.2 Å². The van der Waals surface area contributed by atoms with Gasteiger partial charge in [0.05, 0.1) is 11.6 Å². The third-order valence-corrected chi connectivity index (χ3v) is 6.83. The van der Waals surface area contributed by atoms with Crippen molar-refractivity contribution in [1.29, 1.82) is 0 Å². The summed E-state index contributed by atoms with van der Waals surface area (Å²) in [7, 11) is 2.14. The highest BCUT2D eigenvalue weighted by atomic mass is 35.5. The van der Waals surface area contributed by atoms with Crippen molar-refractivity contribution >= 4 is 35.1 Å². The van der Waals surface area contributed by atoms with E-state index in [1.807, 2.05) is 12.1 Å². The number of allylic oxidation sites excluding steroid dienone is 1. The fraction of sp³-hybridized carbons (Fsp3) is 0.423. The zero-order chi connectivity index (χ0) is 23.7. The topological polar surface area (TPSA) is 65.9 Å². The van der Waals surface area contributed by atoms with Crippen LogP contribution in [-0.4, -0.2) is 60.5 Å². The molecule has 1 aliphatic carbocycles. The van der Waals surface area contributed by atoms with Crippen molar-refractivity contribution in [3.05, 3.63) is 51.6 Å². The molecule has 0 atom stereocenters. The number of amidine groups is 1. The number of nitrogens with zero attached hydrogens (tertiary/aromatic N) is 5. The van der Waals surface area contributed by atoms with Gasteiger partial charge in [0.25, 0.3) is 0 Å². The van der Waals surface area contributed by atoms with Crippen LogP contribution in [0.25, 0.3) is 6.08 Å². The molecule has 1 saturated heterocycles. The van der Waals surface area contributed by atoms with Crippen LogP contribution < -0.4 is 15.0 Å². The molecule has 0 amide bonds. The molecule has 0 radical (unpaired) electrons. The van der Waals surface area contributed by atoms with Gasteiger partial charge < -0.3 is 19.9 Å². The maximum atomic E-state index is 6.71. The van der Waals surface area contributed by atoms with Crippen molar-refractivity contribution in [2.24, 2.45) is 4.99 Å². The lowest BCUT2D eigenvalue weighted by Crippen LogP contribution is -2.44. The van der Waals surface area contributed by atoms with Crippen molar-refractivity contribution in [1.82, 2.24) is 14.9 Å². The number of ether oxygens (including phenoxy) is 1. The van der Waals surface area contributed by atoms with E-state index in [9.17, 15) is 0 Å². The third-order valence-electron chi connectivity index (χ3n) is 6.44. The van der Waals surface area contributed by atoms with Crippen LogP contribution in [0, 0.1) is 0 Å². The maximum absolute atomic E-state index is 6.71. The van der Waals surface area contributed by atoms with Gasteiger partial charge in [-0.2, -0.15) is 9.97 Å². The minimum atomic E-state index is 0.274. The Morgan fingerprint density at radius 2 is 1.94 bits per heavy atom. The first kappa shape index (κ1) is 22.9. The van der Waals surface area contributed by atoms with E-state index >= 15 is 0 Å². The van der Waals surface area contributed by atoms with Crippen LogP contribution in [0.15, 0.2) is 40.4 Å². The summed E-state index contributed by atoms with van der Waals surface area (Å²) >= 11 is 6.71. The van der Waals surface area contributed by atoms with Crippen LogP contribution in [0.3, 0.4) is 0 Å². The van der Waals surface area contributed by atoms with Gasteiger partial charge >= 0.3 is 6.01 Å².